The van der Waals surface area contributed by atoms with E-state index in [0.29, 0.717) is 6.29 Å². The van der Waals surface area contributed by atoms with Gasteiger partial charge < -0.3 is 9.53 Å². The molecule has 0 radical (unpaired) electrons. The van der Waals surface area contributed by atoms with E-state index in [9.17, 15) is 13.6 Å². The Balaban J connectivity index is 3.04. The van der Waals surface area contributed by atoms with Gasteiger partial charge in [0, 0.05) is 12.0 Å². The highest BCUT2D eigenvalue weighted by Crippen LogP contribution is 2.23. The number of hydrogen-bond acceptors (Lipinski definition) is 2. The smallest absolute Gasteiger partial charge is 0.171 e. The number of carbonyl (C=O) groups excluding carboxylic acids is 1. The zero-order valence-corrected chi connectivity index (χ0v) is 7.72. The number of methoxy groups -OCH3 is 1. The number of hydrogen-bond donors (Lipinski definition) is 0. The highest BCUT2D eigenvalue weighted by Gasteiger charge is 2.13. The maximum atomic E-state index is 13.4. The Hall–Kier alpha value is -1.45. The van der Waals surface area contributed by atoms with Crippen molar-refractivity contribution in [1.82, 2.24) is 0 Å². The maximum Gasteiger partial charge on any atom is 0.171 e. The van der Waals surface area contributed by atoms with E-state index in [1.54, 1.807) is 0 Å². The van der Waals surface area contributed by atoms with Crippen molar-refractivity contribution in [3.63, 3.8) is 0 Å². The first-order chi connectivity index (χ1) is 6.70. The Bertz CT molecular complexity index is 337. The number of benzene rings is 1. The molecule has 0 amide bonds. The van der Waals surface area contributed by atoms with Gasteiger partial charge in [0.15, 0.2) is 11.6 Å². The number of ether oxygens (including phenoxy) is 1. The second-order valence-electron chi connectivity index (χ2n) is 2.75. The molecular weight excluding hydrogens is 190 g/mol. The van der Waals surface area contributed by atoms with Gasteiger partial charge in [-0.05, 0) is 18.6 Å². The highest BCUT2D eigenvalue weighted by atomic mass is 19.1. The standard InChI is InChI=1S/C10H10F2O2/c1-14-9-5-4-8(11)7(10(9)12)3-2-6-13/h4-6H,2-3H2,1H3. The van der Waals surface area contributed by atoms with E-state index in [4.69, 9.17) is 4.74 Å². The fraction of sp³-hybridized carbons (Fsp3) is 0.300. The van der Waals surface area contributed by atoms with Crippen LogP contribution >= 0.6 is 0 Å². The van der Waals surface area contributed by atoms with E-state index in [1.165, 1.54) is 13.2 Å². The monoisotopic (exact) mass is 200 g/mol. The third kappa shape index (κ3) is 2.07. The SMILES string of the molecule is COc1ccc(F)c(CCC=O)c1F. The van der Waals surface area contributed by atoms with Gasteiger partial charge in [0.2, 0.25) is 0 Å². The van der Waals surface area contributed by atoms with Gasteiger partial charge in [0.1, 0.15) is 12.1 Å². The van der Waals surface area contributed by atoms with Crippen LogP contribution < -0.4 is 4.74 Å². The Morgan fingerprint density at radius 1 is 1.43 bits per heavy atom. The molecule has 1 aromatic carbocycles. The van der Waals surface area contributed by atoms with Crippen LogP contribution in [0.25, 0.3) is 0 Å². The van der Waals surface area contributed by atoms with Crippen molar-refractivity contribution in [2.45, 2.75) is 12.8 Å². The summed E-state index contributed by atoms with van der Waals surface area (Å²) in [5.41, 5.74) is -0.101. The second-order valence-corrected chi connectivity index (χ2v) is 2.75. The fourth-order valence-electron chi connectivity index (χ4n) is 1.17. The summed E-state index contributed by atoms with van der Waals surface area (Å²) < 4.78 is 31.1. The highest BCUT2D eigenvalue weighted by molar-refractivity contribution is 5.50. The quantitative estimate of drug-likeness (QED) is 0.696. The van der Waals surface area contributed by atoms with Gasteiger partial charge in [0.05, 0.1) is 7.11 Å². The molecule has 0 aliphatic heterocycles. The molecule has 2 nitrogen and oxygen atoms in total. The largest absolute Gasteiger partial charge is 0.494 e. The molecular formula is C10H10F2O2. The summed E-state index contributed by atoms with van der Waals surface area (Å²) in [6, 6.07) is 2.34. The Kier molecular flexibility index (Phi) is 3.56. The van der Waals surface area contributed by atoms with E-state index < -0.39 is 11.6 Å². The van der Waals surface area contributed by atoms with Crippen molar-refractivity contribution in [3.8, 4) is 5.75 Å². The van der Waals surface area contributed by atoms with Crippen molar-refractivity contribution >= 4 is 6.29 Å². The average molecular weight is 200 g/mol. The van der Waals surface area contributed by atoms with E-state index in [-0.39, 0.29) is 24.2 Å². The van der Waals surface area contributed by atoms with E-state index >= 15 is 0 Å². The molecule has 4 heteroatoms. The Morgan fingerprint density at radius 2 is 2.14 bits per heavy atom. The number of aldehydes is 1. The van der Waals surface area contributed by atoms with Crippen LogP contribution in [0.15, 0.2) is 12.1 Å². The van der Waals surface area contributed by atoms with E-state index in [0.717, 1.165) is 6.07 Å². The molecule has 0 atom stereocenters. The number of carbonyl (C=O) groups is 1. The van der Waals surface area contributed by atoms with Crippen LogP contribution in [-0.2, 0) is 11.2 Å². The molecule has 0 fully saturated rings. The third-order valence-electron chi connectivity index (χ3n) is 1.88. The van der Waals surface area contributed by atoms with Crippen molar-refractivity contribution in [2.75, 3.05) is 7.11 Å². The summed E-state index contributed by atoms with van der Waals surface area (Å²) in [7, 11) is 1.31. The fourth-order valence-corrected chi connectivity index (χ4v) is 1.17. The maximum absolute atomic E-state index is 13.4. The lowest BCUT2D eigenvalue weighted by Crippen LogP contribution is -1.99. The molecule has 0 heterocycles. The summed E-state index contributed by atoms with van der Waals surface area (Å²) in [4.78, 5) is 10.1. The molecule has 0 N–H and O–H groups in total. The van der Waals surface area contributed by atoms with Crippen LogP contribution in [0, 0.1) is 11.6 Å². The first-order valence-corrected chi connectivity index (χ1v) is 4.15. The number of rotatable bonds is 4. The lowest BCUT2D eigenvalue weighted by molar-refractivity contribution is -0.107. The minimum Gasteiger partial charge on any atom is -0.494 e. The van der Waals surface area contributed by atoms with Gasteiger partial charge in [-0.15, -0.1) is 0 Å². The predicted molar refractivity (Wildman–Crippen MR) is 47.3 cm³/mol. The minimum absolute atomic E-state index is 0.00713. The minimum atomic E-state index is -0.727. The molecule has 0 bridgehead atoms. The predicted octanol–water partition coefficient (Wildman–Crippen LogP) is 2.10. The lowest BCUT2D eigenvalue weighted by atomic mass is 10.1. The van der Waals surface area contributed by atoms with Crippen LogP contribution in [0.5, 0.6) is 5.75 Å². The molecule has 1 rings (SSSR count). The molecule has 0 spiro atoms. The van der Waals surface area contributed by atoms with Crippen molar-refractivity contribution in [1.29, 1.82) is 0 Å². The normalized spacial score (nSPS) is 9.93. The van der Waals surface area contributed by atoms with Crippen LogP contribution in [-0.4, -0.2) is 13.4 Å². The number of halogens is 2. The van der Waals surface area contributed by atoms with Crippen LogP contribution in [0.2, 0.25) is 0 Å². The topological polar surface area (TPSA) is 26.3 Å². The molecule has 76 valence electrons. The first kappa shape index (κ1) is 10.6. The summed E-state index contributed by atoms with van der Waals surface area (Å²) in [6.45, 7) is 0. The van der Waals surface area contributed by atoms with Gasteiger partial charge in [-0.3, -0.25) is 0 Å². The van der Waals surface area contributed by atoms with Crippen LogP contribution in [0.4, 0.5) is 8.78 Å². The van der Waals surface area contributed by atoms with Gasteiger partial charge in [0.25, 0.3) is 0 Å². The molecule has 1 aromatic rings. The zero-order valence-electron chi connectivity index (χ0n) is 7.72. The molecule has 0 unspecified atom stereocenters. The second kappa shape index (κ2) is 4.69. The molecule has 0 saturated heterocycles. The van der Waals surface area contributed by atoms with Crippen LogP contribution in [0.1, 0.15) is 12.0 Å². The van der Waals surface area contributed by atoms with E-state index in [2.05, 4.69) is 0 Å². The molecule has 0 aliphatic rings. The van der Waals surface area contributed by atoms with Crippen molar-refractivity contribution in [3.05, 3.63) is 29.3 Å². The molecule has 0 aliphatic carbocycles. The summed E-state index contributed by atoms with van der Waals surface area (Å²) in [5, 5.41) is 0. The lowest BCUT2D eigenvalue weighted by Gasteiger charge is -2.06. The van der Waals surface area contributed by atoms with Crippen molar-refractivity contribution in [2.24, 2.45) is 0 Å². The van der Waals surface area contributed by atoms with Gasteiger partial charge in [-0.1, -0.05) is 0 Å². The third-order valence-corrected chi connectivity index (χ3v) is 1.88. The first-order valence-electron chi connectivity index (χ1n) is 4.15. The summed E-state index contributed by atoms with van der Waals surface area (Å²) >= 11 is 0. The average Bonchev–Trinajstić information content (AvgIpc) is 2.18. The molecule has 14 heavy (non-hydrogen) atoms. The summed E-state index contributed by atoms with van der Waals surface area (Å²) in [6.07, 6.45) is 0.776. The van der Waals surface area contributed by atoms with Gasteiger partial charge >= 0.3 is 0 Å². The van der Waals surface area contributed by atoms with E-state index in [1.807, 2.05) is 0 Å². The Labute approximate surface area is 80.5 Å². The van der Waals surface area contributed by atoms with Crippen LogP contribution in [0.3, 0.4) is 0 Å². The molecule has 0 saturated carbocycles. The molecule has 0 aromatic heterocycles. The summed E-state index contributed by atoms with van der Waals surface area (Å²) in [5.74, 6) is -1.38. The van der Waals surface area contributed by atoms with Crippen molar-refractivity contribution < 1.29 is 18.3 Å². The zero-order chi connectivity index (χ0) is 10.6. The Morgan fingerprint density at radius 3 is 2.71 bits per heavy atom. The van der Waals surface area contributed by atoms with Gasteiger partial charge in [-0.25, -0.2) is 8.78 Å². The van der Waals surface area contributed by atoms with Gasteiger partial charge in [-0.2, -0.15) is 0 Å².